The van der Waals surface area contributed by atoms with Gasteiger partial charge in [-0.05, 0) is 36.4 Å². The van der Waals surface area contributed by atoms with Gasteiger partial charge in [0.15, 0.2) is 11.2 Å². The van der Waals surface area contributed by atoms with Gasteiger partial charge < -0.3 is 9.88 Å². The van der Waals surface area contributed by atoms with Gasteiger partial charge in [-0.1, -0.05) is 43.7 Å². The van der Waals surface area contributed by atoms with Gasteiger partial charge in [0, 0.05) is 38.5 Å². The van der Waals surface area contributed by atoms with E-state index in [2.05, 4.69) is 22.1 Å². The van der Waals surface area contributed by atoms with Crippen molar-refractivity contribution in [3.63, 3.8) is 0 Å². The number of H-pyrrole nitrogens is 1. The number of aromatic amines is 1. The molecule has 8 nitrogen and oxygen atoms in total. The fraction of sp³-hybridized carbons (Fsp3) is 0.478. The summed E-state index contributed by atoms with van der Waals surface area (Å²) in [5, 5.41) is 0.0803. The minimum atomic E-state index is -0.449. The van der Waals surface area contributed by atoms with Crippen molar-refractivity contribution in [2.24, 2.45) is 0 Å². The molecule has 0 radical (unpaired) electrons. The number of benzene rings is 1. The van der Waals surface area contributed by atoms with Crippen LogP contribution in [-0.4, -0.2) is 43.0 Å². The van der Waals surface area contributed by atoms with Crippen LogP contribution in [0.15, 0.2) is 39.9 Å². The van der Waals surface area contributed by atoms with E-state index >= 15 is 0 Å². The molecule has 0 bridgehead atoms. The predicted octanol–water partition coefficient (Wildman–Crippen LogP) is 3.14. The van der Waals surface area contributed by atoms with Crippen molar-refractivity contribution < 1.29 is 4.79 Å². The Balaban J connectivity index is 1.44. The van der Waals surface area contributed by atoms with E-state index in [1.165, 1.54) is 14.7 Å². The molecule has 2 aromatic heterocycles. The van der Waals surface area contributed by atoms with Gasteiger partial charge in [0.05, 0.1) is 0 Å². The van der Waals surface area contributed by atoms with Crippen LogP contribution in [0.5, 0.6) is 0 Å². The van der Waals surface area contributed by atoms with Gasteiger partial charge in [-0.3, -0.25) is 18.7 Å². The smallest absolute Gasteiger partial charge is 0.332 e. The lowest BCUT2D eigenvalue weighted by atomic mass is 9.99. The number of rotatable bonds is 8. The molecule has 1 saturated heterocycles. The zero-order chi connectivity index (χ0) is 22.7. The van der Waals surface area contributed by atoms with Crippen LogP contribution in [0, 0.1) is 0 Å². The number of imidazole rings is 1. The van der Waals surface area contributed by atoms with Crippen LogP contribution in [0.4, 0.5) is 0 Å². The number of halogens is 1. The molecule has 3 aromatic rings. The molecule has 32 heavy (non-hydrogen) atoms. The molecule has 0 spiro atoms. The summed E-state index contributed by atoms with van der Waals surface area (Å²) in [6.45, 7) is 4.12. The number of likely N-dealkylation sites (tertiary alicyclic amines) is 1. The van der Waals surface area contributed by atoms with Gasteiger partial charge in [0.2, 0.25) is 11.2 Å². The average molecular weight is 458 g/mol. The number of amides is 1. The molecule has 9 heteroatoms. The third-order valence-electron chi connectivity index (χ3n) is 6.15. The highest BCUT2D eigenvalue weighted by Gasteiger charge is 2.27. The molecule has 0 aliphatic carbocycles. The van der Waals surface area contributed by atoms with Crippen LogP contribution < -0.4 is 11.2 Å². The van der Waals surface area contributed by atoms with Crippen LogP contribution in [0.3, 0.4) is 0 Å². The minimum Gasteiger partial charge on any atom is -0.342 e. The number of nitrogens with zero attached hydrogens (tertiary/aromatic N) is 4. The molecule has 1 unspecified atom stereocenters. The molecule has 1 aliphatic rings. The number of unbranched alkanes of at least 4 members (excludes halogenated alkanes) is 1. The summed E-state index contributed by atoms with van der Waals surface area (Å²) in [5.41, 5.74) is 0.914. The maximum absolute atomic E-state index is 13.0. The van der Waals surface area contributed by atoms with Crippen molar-refractivity contribution in [1.82, 2.24) is 24.0 Å². The first kappa shape index (κ1) is 22.3. The van der Waals surface area contributed by atoms with Crippen LogP contribution in [0.2, 0.25) is 5.28 Å². The lowest BCUT2D eigenvalue weighted by molar-refractivity contribution is -0.130. The largest absolute Gasteiger partial charge is 0.342 e. The normalized spacial score (nSPS) is 16.2. The van der Waals surface area contributed by atoms with Crippen LogP contribution >= 0.6 is 11.6 Å². The average Bonchev–Trinajstić information content (AvgIpc) is 3.44. The number of carbonyl (C=O) groups excluding carboxylic acids is 1. The van der Waals surface area contributed by atoms with E-state index in [0.717, 1.165) is 25.8 Å². The van der Waals surface area contributed by atoms with Gasteiger partial charge >= 0.3 is 5.69 Å². The summed E-state index contributed by atoms with van der Waals surface area (Å²) in [6.07, 6.45) is 3.35. The standard InChI is InChI=1S/C23H28ClN5O3/c1-2-3-12-28-20-19(25-22(24)26-20)21(31)29(23(28)32)13-7-10-18(30)27-14-11-17(15-27)16-8-5-4-6-9-16/h4-6,8-9,17H,2-3,7,10-15H2,1H3,(H,25,26). The quantitative estimate of drug-likeness (QED) is 0.526. The van der Waals surface area contributed by atoms with Gasteiger partial charge in [-0.15, -0.1) is 0 Å². The first-order valence-corrected chi connectivity index (χ1v) is 11.6. The molecule has 1 N–H and O–H groups in total. The van der Waals surface area contributed by atoms with Crippen molar-refractivity contribution in [2.45, 2.75) is 58.0 Å². The molecule has 1 aliphatic heterocycles. The zero-order valence-corrected chi connectivity index (χ0v) is 19.0. The molecule has 170 valence electrons. The monoisotopic (exact) mass is 457 g/mol. The number of hydrogen-bond acceptors (Lipinski definition) is 4. The van der Waals surface area contributed by atoms with Crippen molar-refractivity contribution in [1.29, 1.82) is 0 Å². The molecule has 0 saturated carbocycles. The Hall–Kier alpha value is -2.87. The number of fused-ring (bicyclic) bond motifs is 1. The summed E-state index contributed by atoms with van der Waals surface area (Å²) < 4.78 is 2.69. The van der Waals surface area contributed by atoms with E-state index in [4.69, 9.17) is 11.6 Å². The number of aryl methyl sites for hydroxylation is 1. The molecule has 3 heterocycles. The van der Waals surface area contributed by atoms with E-state index in [1.807, 2.05) is 30.0 Å². The second-order valence-corrected chi connectivity index (χ2v) is 8.67. The highest BCUT2D eigenvalue weighted by atomic mass is 35.5. The Morgan fingerprint density at radius 2 is 1.91 bits per heavy atom. The van der Waals surface area contributed by atoms with Crippen molar-refractivity contribution in [3.05, 3.63) is 62.0 Å². The molecular weight excluding hydrogens is 430 g/mol. The fourth-order valence-electron chi connectivity index (χ4n) is 4.38. The highest BCUT2D eigenvalue weighted by Crippen LogP contribution is 2.27. The zero-order valence-electron chi connectivity index (χ0n) is 18.2. The summed E-state index contributed by atoms with van der Waals surface area (Å²) in [7, 11) is 0. The Morgan fingerprint density at radius 1 is 1.16 bits per heavy atom. The molecule has 1 fully saturated rings. The first-order valence-electron chi connectivity index (χ1n) is 11.2. The van der Waals surface area contributed by atoms with Gasteiger partial charge in [-0.2, -0.15) is 4.98 Å². The van der Waals surface area contributed by atoms with Crippen LogP contribution in [-0.2, 0) is 17.9 Å². The Labute approximate surface area is 190 Å². The van der Waals surface area contributed by atoms with E-state index in [-0.39, 0.29) is 28.9 Å². The Morgan fingerprint density at radius 3 is 2.66 bits per heavy atom. The maximum Gasteiger partial charge on any atom is 0.332 e. The molecular formula is C23H28ClN5O3. The molecule has 1 aromatic carbocycles. The van der Waals surface area contributed by atoms with E-state index < -0.39 is 11.2 Å². The van der Waals surface area contributed by atoms with Crippen molar-refractivity contribution >= 4 is 28.7 Å². The van der Waals surface area contributed by atoms with Gasteiger partial charge in [-0.25, -0.2) is 4.79 Å². The van der Waals surface area contributed by atoms with Crippen LogP contribution in [0.25, 0.3) is 11.2 Å². The lowest BCUT2D eigenvalue weighted by Gasteiger charge is -2.17. The Kier molecular flexibility index (Phi) is 6.79. The van der Waals surface area contributed by atoms with E-state index in [9.17, 15) is 14.4 Å². The molecule has 1 amide bonds. The summed E-state index contributed by atoms with van der Waals surface area (Å²) in [5.74, 6) is 0.425. The Bertz CT molecular complexity index is 1210. The van der Waals surface area contributed by atoms with Gasteiger partial charge in [0.1, 0.15) is 0 Å². The van der Waals surface area contributed by atoms with Gasteiger partial charge in [0.25, 0.3) is 5.56 Å². The highest BCUT2D eigenvalue weighted by molar-refractivity contribution is 6.28. The second kappa shape index (κ2) is 9.73. The summed E-state index contributed by atoms with van der Waals surface area (Å²) in [6, 6.07) is 10.2. The minimum absolute atomic E-state index is 0.0634. The number of carbonyl (C=O) groups is 1. The van der Waals surface area contributed by atoms with Crippen molar-refractivity contribution in [2.75, 3.05) is 13.1 Å². The topological polar surface area (TPSA) is 93.0 Å². The van der Waals surface area contributed by atoms with E-state index in [0.29, 0.717) is 31.8 Å². The predicted molar refractivity (Wildman–Crippen MR) is 124 cm³/mol. The summed E-state index contributed by atoms with van der Waals surface area (Å²) >= 11 is 5.96. The second-order valence-electron chi connectivity index (χ2n) is 8.31. The SMILES string of the molecule is CCCCn1c(=O)n(CCCC(=O)N2CCC(c3ccccc3)C2)c(=O)c2[nH]c(Cl)nc21. The third kappa shape index (κ3) is 4.50. The number of aromatic nitrogens is 4. The lowest BCUT2D eigenvalue weighted by Crippen LogP contribution is -2.40. The molecule has 4 rings (SSSR count). The number of hydrogen-bond donors (Lipinski definition) is 1. The number of nitrogens with one attached hydrogen (secondary N) is 1. The molecule has 1 atom stereocenters. The summed E-state index contributed by atoms with van der Waals surface area (Å²) in [4.78, 5) is 47.3. The fourth-order valence-corrected chi connectivity index (χ4v) is 4.56. The van der Waals surface area contributed by atoms with E-state index in [1.54, 1.807) is 0 Å². The maximum atomic E-state index is 13.0. The van der Waals surface area contributed by atoms with Crippen molar-refractivity contribution in [3.8, 4) is 0 Å². The van der Waals surface area contributed by atoms with Crippen LogP contribution in [0.1, 0.15) is 50.5 Å². The third-order valence-corrected chi connectivity index (χ3v) is 6.33. The first-order chi connectivity index (χ1) is 15.5.